The molecule has 1 fully saturated rings. The van der Waals surface area contributed by atoms with Crippen LogP contribution in [0.2, 0.25) is 0 Å². The maximum atomic E-state index is 12.2. The number of anilines is 2. The molecule has 6 heteroatoms. The van der Waals surface area contributed by atoms with Crippen LogP contribution in [0.4, 0.5) is 16.2 Å². The fourth-order valence-corrected chi connectivity index (χ4v) is 2.85. The van der Waals surface area contributed by atoms with Crippen molar-refractivity contribution in [3.63, 3.8) is 0 Å². The van der Waals surface area contributed by atoms with E-state index in [2.05, 4.69) is 10.6 Å². The van der Waals surface area contributed by atoms with E-state index in [1.54, 1.807) is 29.2 Å². The molecule has 3 amide bonds. The molecule has 0 spiro atoms. The lowest BCUT2D eigenvalue weighted by Crippen LogP contribution is -2.34. The first-order valence-corrected chi connectivity index (χ1v) is 7.99. The molecule has 23 heavy (non-hydrogen) atoms. The number of methoxy groups -OCH3 is 1. The maximum absolute atomic E-state index is 12.2. The van der Waals surface area contributed by atoms with Crippen LogP contribution in [-0.4, -0.2) is 44.1 Å². The number of rotatable bonds is 6. The SMILES string of the molecule is COCC(=O)Nc1ccc(NC(=O)N(C)CC2CCCC2)cc1. The van der Waals surface area contributed by atoms with E-state index in [0.29, 0.717) is 17.3 Å². The van der Waals surface area contributed by atoms with Gasteiger partial charge in [0.15, 0.2) is 0 Å². The van der Waals surface area contributed by atoms with E-state index in [9.17, 15) is 9.59 Å². The molecule has 1 aromatic carbocycles. The molecule has 6 nitrogen and oxygen atoms in total. The molecular formula is C17H25N3O3. The van der Waals surface area contributed by atoms with E-state index in [0.717, 1.165) is 6.54 Å². The van der Waals surface area contributed by atoms with Gasteiger partial charge in [-0.15, -0.1) is 0 Å². The second kappa shape index (κ2) is 8.53. The molecule has 0 aliphatic heterocycles. The van der Waals surface area contributed by atoms with Crippen molar-refractivity contribution >= 4 is 23.3 Å². The van der Waals surface area contributed by atoms with Gasteiger partial charge in [0.1, 0.15) is 6.61 Å². The monoisotopic (exact) mass is 319 g/mol. The van der Waals surface area contributed by atoms with E-state index in [-0.39, 0.29) is 18.5 Å². The number of nitrogens with one attached hydrogen (secondary N) is 2. The van der Waals surface area contributed by atoms with Gasteiger partial charge in [-0.2, -0.15) is 0 Å². The Morgan fingerprint density at radius 3 is 2.26 bits per heavy atom. The summed E-state index contributed by atoms with van der Waals surface area (Å²) in [5.41, 5.74) is 1.38. The van der Waals surface area contributed by atoms with Crippen molar-refractivity contribution in [2.75, 3.05) is 37.9 Å². The molecule has 2 N–H and O–H groups in total. The molecule has 0 unspecified atom stereocenters. The lowest BCUT2D eigenvalue weighted by molar-refractivity contribution is -0.119. The highest BCUT2D eigenvalue weighted by molar-refractivity contribution is 5.93. The summed E-state index contributed by atoms with van der Waals surface area (Å²) in [7, 11) is 3.30. The Morgan fingerprint density at radius 1 is 1.13 bits per heavy atom. The highest BCUT2D eigenvalue weighted by Gasteiger charge is 2.19. The number of nitrogens with zero attached hydrogens (tertiary/aromatic N) is 1. The average Bonchev–Trinajstić information content (AvgIpc) is 3.02. The van der Waals surface area contributed by atoms with Crippen LogP contribution in [0.1, 0.15) is 25.7 Å². The van der Waals surface area contributed by atoms with Gasteiger partial charge in [0, 0.05) is 32.1 Å². The standard InChI is InChI=1S/C17H25N3O3/c1-20(11-13-5-3-4-6-13)17(22)19-15-9-7-14(8-10-15)18-16(21)12-23-2/h7-10,13H,3-6,11-12H2,1-2H3,(H,18,21)(H,19,22). The number of urea groups is 1. The molecule has 0 atom stereocenters. The summed E-state index contributed by atoms with van der Waals surface area (Å²) in [5.74, 6) is 0.421. The van der Waals surface area contributed by atoms with Crippen LogP contribution in [0.3, 0.4) is 0 Å². The Balaban J connectivity index is 1.82. The molecular weight excluding hydrogens is 294 g/mol. The van der Waals surface area contributed by atoms with Crippen LogP contribution in [0.15, 0.2) is 24.3 Å². The highest BCUT2D eigenvalue weighted by atomic mass is 16.5. The van der Waals surface area contributed by atoms with E-state index in [4.69, 9.17) is 4.74 Å². The van der Waals surface area contributed by atoms with Crippen molar-refractivity contribution in [1.29, 1.82) is 0 Å². The molecule has 1 aliphatic carbocycles. The first-order valence-electron chi connectivity index (χ1n) is 7.99. The lowest BCUT2D eigenvalue weighted by atomic mass is 10.1. The average molecular weight is 319 g/mol. The molecule has 0 saturated heterocycles. The predicted molar refractivity (Wildman–Crippen MR) is 90.6 cm³/mol. The molecule has 0 heterocycles. The third kappa shape index (κ3) is 5.56. The molecule has 0 aromatic heterocycles. The topological polar surface area (TPSA) is 70.7 Å². The van der Waals surface area contributed by atoms with Gasteiger partial charge < -0.3 is 20.3 Å². The number of hydrogen-bond acceptors (Lipinski definition) is 3. The van der Waals surface area contributed by atoms with Crippen molar-refractivity contribution in [2.24, 2.45) is 5.92 Å². The largest absolute Gasteiger partial charge is 0.375 e. The molecule has 126 valence electrons. The van der Waals surface area contributed by atoms with Crippen LogP contribution in [-0.2, 0) is 9.53 Å². The van der Waals surface area contributed by atoms with Gasteiger partial charge in [-0.25, -0.2) is 4.79 Å². The minimum Gasteiger partial charge on any atom is -0.375 e. The summed E-state index contributed by atoms with van der Waals surface area (Å²) in [4.78, 5) is 25.3. The van der Waals surface area contributed by atoms with E-state index >= 15 is 0 Å². The van der Waals surface area contributed by atoms with Crippen LogP contribution in [0.5, 0.6) is 0 Å². The van der Waals surface area contributed by atoms with Crippen molar-refractivity contribution in [3.8, 4) is 0 Å². The summed E-state index contributed by atoms with van der Waals surface area (Å²) in [6.45, 7) is 0.821. The first kappa shape index (κ1) is 17.3. The number of hydrogen-bond donors (Lipinski definition) is 2. The number of benzene rings is 1. The number of amides is 3. The summed E-state index contributed by atoms with van der Waals surface area (Å²) in [6, 6.07) is 6.93. The zero-order chi connectivity index (χ0) is 16.7. The summed E-state index contributed by atoms with van der Waals surface area (Å²) in [5, 5.41) is 5.58. The lowest BCUT2D eigenvalue weighted by Gasteiger charge is -2.21. The minimum atomic E-state index is -0.208. The van der Waals surface area contributed by atoms with E-state index in [1.165, 1.54) is 32.8 Å². The third-order valence-corrected chi connectivity index (χ3v) is 4.05. The summed E-state index contributed by atoms with van der Waals surface area (Å²) in [6.07, 6.45) is 4.98. The number of ether oxygens (including phenoxy) is 1. The Kier molecular flexibility index (Phi) is 6.40. The predicted octanol–water partition coefficient (Wildman–Crippen LogP) is 2.93. The Bertz CT molecular complexity index is 524. The van der Waals surface area contributed by atoms with Gasteiger partial charge in [0.25, 0.3) is 0 Å². The summed E-state index contributed by atoms with van der Waals surface area (Å²) >= 11 is 0. The Morgan fingerprint density at radius 2 is 1.70 bits per heavy atom. The normalized spacial score (nSPS) is 14.5. The van der Waals surface area contributed by atoms with E-state index < -0.39 is 0 Å². The molecule has 1 saturated carbocycles. The first-order chi connectivity index (χ1) is 11.1. The molecule has 1 aliphatic rings. The van der Waals surface area contributed by atoms with Crippen molar-refractivity contribution in [2.45, 2.75) is 25.7 Å². The van der Waals surface area contributed by atoms with Crippen LogP contribution >= 0.6 is 0 Å². The third-order valence-electron chi connectivity index (χ3n) is 4.05. The van der Waals surface area contributed by atoms with Crippen LogP contribution in [0.25, 0.3) is 0 Å². The van der Waals surface area contributed by atoms with Gasteiger partial charge in [0.05, 0.1) is 0 Å². The molecule has 1 aromatic rings. The van der Waals surface area contributed by atoms with Gasteiger partial charge in [0.2, 0.25) is 5.91 Å². The summed E-state index contributed by atoms with van der Waals surface area (Å²) < 4.78 is 4.76. The van der Waals surface area contributed by atoms with Crippen LogP contribution in [0, 0.1) is 5.92 Å². The minimum absolute atomic E-state index is 0.0183. The Hall–Kier alpha value is -2.08. The fourth-order valence-electron chi connectivity index (χ4n) is 2.85. The molecule has 0 radical (unpaired) electrons. The van der Waals surface area contributed by atoms with Crippen molar-refractivity contribution < 1.29 is 14.3 Å². The van der Waals surface area contributed by atoms with Gasteiger partial charge in [-0.05, 0) is 43.0 Å². The molecule has 0 bridgehead atoms. The van der Waals surface area contributed by atoms with Crippen molar-refractivity contribution in [1.82, 2.24) is 4.90 Å². The second-order valence-corrected chi connectivity index (χ2v) is 6.02. The zero-order valence-corrected chi connectivity index (χ0v) is 13.8. The van der Waals surface area contributed by atoms with Gasteiger partial charge in [-0.3, -0.25) is 4.79 Å². The fraction of sp³-hybridized carbons (Fsp3) is 0.529. The number of carbonyl (C=O) groups is 2. The smallest absolute Gasteiger partial charge is 0.321 e. The number of carbonyl (C=O) groups excluding carboxylic acids is 2. The van der Waals surface area contributed by atoms with Crippen molar-refractivity contribution in [3.05, 3.63) is 24.3 Å². The molecule has 2 rings (SSSR count). The Labute approximate surface area is 137 Å². The maximum Gasteiger partial charge on any atom is 0.321 e. The van der Waals surface area contributed by atoms with Crippen LogP contribution < -0.4 is 10.6 Å². The van der Waals surface area contributed by atoms with Gasteiger partial charge in [-0.1, -0.05) is 12.8 Å². The van der Waals surface area contributed by atoms with E-state index in [1.807, 2.05) is 7.05 Å². The highest BCUT2D eigenvalue weighted by Crippen LogP contribution is 2.25. The quantitative estimate of drug-likeness (QED) is 0.847. The second-order valence-electron chi connectivity index (χ2n) is 6.02. The zero-order valence-electron chi connectivity index (χ0n) is 13.8. The van der Waals surface area contributed by atoms with Gasteiger partial charge >= 0.3 is 6.03 Å².